The van der Waals surface area contributed by atoms with Crippen LogP contribution in [0.2, 0.25) is 0 Å². The molecule has 3 aliphatic rings. The zero-order valence-corrected chi connectivity index (χ0v) is 22.7. The number of sulfone groups is 1. The first-order valence-electron chi connectivity index (χ1n) is 12.0. The Morgan fingerprint density at radius 3 is 2.39 bits per heavy atom. The quantitative estimate of drug-likeness (QED) is 0.266. The highest BCUT2D eigenvalue weighted by Gasteiger charge is 2.55. The van der Waals surface area contributed by atoms with Gasteiger partial charge in [0.05, 0.1) is 11.9 Å². The van der Waals surface area contributed by atoms with Crippen molar-refractivity contribution in [3.05, 3.63) is 0 Å². The number of nitrogens with zero attached hydrogens (tertiary/aromatic N) is 2. The van der Waals surface area contributed by atoms with Gasteiger partial charge in [-0.15, -0.1) is 24.0 Å². The fourth-order valence-corrected chi connectivity index (χ4v) is 6.10. The van der Waals surface area contributed by atoms with Crippen molar-refractivity contribution in [2.75, 3.05) is 44.8 Å². The summed E-state index contributed by atoms with van der Waals surface area (Å²) >= 11 is 0. The molecule has 0 aromatic heterocycles. The van der Waals surface area contributed by atoms with Gasteiger partial charge in [0.1, 0.15) is 9.84 Å². The van der Waals surface area contributed by atoms with E-state index < -0.39 is 9.84 Å². The maximum atomic E-state index is 11.4. The molecule has 7 nitrogen and oxygen atoms in total. The number of halogens is 1. The topological polar surface area (TPSA) is 83.0 Å². The molecule has 2 unspecified atom stereocenters. The van der Waals surface area contributed by atoms with Gasteiger partial charge in [0.15, 0.2) is 5.96 Å². The van der Waals surface area contributed by atoms with E-state index in [1.807, 2.05) is 0 Å². The highest BCUT2D eigenvalue weighted by atomic mass is 127. The molecule has 0 aromatic carbocycles. The number of aliphatic imine (C=N–C) groups is 1. The minimum Gasteiger partial charge on any atom is -0.378 e. The number of rotatable bonds is 8. The summed E-state index contributed by atoms with van der Waals surface area (Å²) < 4.78 is 28.9. The third-order valence-corrected chi connectivity index (χ3v) is 8.20. The van der Waals surface area contributed by atoms with Crippen LogP contribution >= 0.6 is 24.0 Å². The molecule has 1 saturated heterocycles. The minimum absolute atomic E-state index is 0. The molecule has 2 N–H and O–H groups in total. The Morgan fingerprint density at radius 2 is 1.81 bits per heavy atom. The molecule has 0 radical (unpaired) electrons. The summed E-state index contributed by atoms with van der Waals surface area (Å²) in [5, 5.41) is 7.44. The number of hydrogen-bond acceptors (Lipinski definition) is 5. The van der Waals surface area contributed by atoms with Crippen molar-refractivity contribution >= 4 is 39.8 Å². The molecule has 1 spiro atoms. The maximum Gasteiger partial charge on any atom is 0.191 e. The SMILES string of the molecule is CCN=C(NC1CCN(CCS(C)(=O)=O)CC1)NC1CC(OCC)C12CCCCC2.I. The smallest absolute Gasteiger partial charge is 0.191 e. The van der Waals surface area contributed by atoms with Gasteiger partial charge in [-0.05, 0) is 46.0 Å². The Morgan fingerprint density at radius 1 is 1.13 bits per heavy atom. The van der Waals surface area contributed by atoms with Gasteiger partial charge < -0.3 is 20.3 Å². The molecular formula is C22H43IN4O3S. The normalized spacial score (nSPS) is 27.4. The van der Waals surface area contributed by atoms with Gasteiger partial charge in [0.2, 0.25) is 0 Å². The number of nitrogens with one attached hydrogen (secondary N) is 2. The van der Waals surface area contributed by atoms with E-state index >= 15 is 0 Å². The lowest BCUT2D eigenvalue weighted by Crippen LogP contribution is -2.67. The molecule has 182 valence electrons. The van der Waals surface area contributed by atoms with Crippen molar-refractivity contribution in [3.8, 4) is 0 Å². The molecule has 3 rings (SSSR count). The van der Waals surface area contributed by atoms with Gasteiger partial charge >= 0.3 is 0 Å². The maximum absolute atomic E-state index is 11.4. The predicted molar refractivity (Wildman–Crippen MR) is 138 cm³/mol. The lowest BCUT2D eigenvalue weighted by molar-refractivity contribution is -0.145. The van der Waals surface area contributed by atoms with Gasteiger partial charge in [-0.25, -0.2) is 8.42 Å². The first-order valence-corrected chi connectivity index (χ1v) is 14.0. The molecule has 1 heterocycles. The molecular weight excluding hydrogens is 527 g/mol. The van der Waals surface area contributed by atoms with Crippen LogP contribution in [-0.2, 0) is 14.6 Å². The van der Waals surface area contributed by atoms with Crippen LogP contribution in [0.1, 0.15) is 65.2 Å². The summed E-state index contributed by atoms with van der Waals surface area (Å²) in [6.45, 7) is 8.26. The van der Waals surface area contributed by atoms with Crippen molar-refractivity contribution in [1.82, 2.24) is 15.5 Å². The third kappa shape index (κ3) is 7.43. The van der Waals surface area contributed by atoms with E-state index in [1.54, 1.807) is 0 Å². The second-order valence-electron chi connectivity index (χ2n) is 9.38. The summed E-state index contributed by atoms with van der Waals surface area (Å²) in [7, 11) is -2.89. The van der Waals surface area contributed by atoms with E-state index in [-0.39, 0.29) is 35.1 Å². The molecule has 0 aromatic rings. The van der Waals surface area contributed by atoms with Crippen molar-refractivity contribution in [3.63, 3.8) is 0 Å². The first-order chi connectivity index (χ1) is 14.4. The van der Waals surface area contributed by atoms with Crippen LogP contribution in [-0.4, -0.2) is 82.3 Å². The van der Waals surface area contributed by atoms with E-state index in [1.165, 1.54) is 38.4 Å². The van der Waals surface area contributed by atoms with Crippen LogP contribution in [0.25, 0.3) is 0 Å². The highest BCUT2D eigenvalue weighted by Crippen LogP contribution is 2.53. The van der Waals surface area contributed by atoms with Crippen LogP contribution in [0.4, 0.5) is 0 Å². The average Bonchev–Trinajstić information content (AvgIpc) is 2.72. The fourth-order valence-electron chi connectivity index (χ4n) is 5.51. The molecule has 1 aliphatic heterocycles. The Balaban J connectivity index is 0.00000341. The fraction of sp³-hybridized carbons (Fsp3) is 0.955. The zero-order valence-electron chi connectivity index (χ0n) is 19.6. The minimum atomic E-state index is -2.89. The van der Waals surface area contributed by atoms with Crippen LogP contribution in [0, 0.1) is 5.41 Å². The standard InChI is InChI=1S/C22H42N4O3S.HI/c1-4-23-21(24-18-9-13-26(14-10-18)15-16-30(3,27)28)25-19-17-20(29-5-2)22(19)11-7-6-8-12-22;/h18-20H,4-17H2,1-3H3,(H2,23,24,25);1H. The van der Waals surface area contributed by atoms with Crippen LogP contribution < -0.4 is 10.6 Å². The molecule has 3 fully saturated rings. The predicted octanol–water partition coefficient (Wildman–Crippen LogP) is 2.80. The number of ether oxygens (including phenoxy) is 1. The highest BCUT2D eigenvalue weighted by molar-refractivity contribution is 14.0. The van der Waals surface area contributed by atoms with Gasteiger partial charge in [-0.3, -0.25) is 4.99 Å². The first kappa shape index (κ1) is 27.1. The van der Waals surface area contributed by atoms with E-state index in [0.29, 0.717) is 24.7 Å². The van der Waals surface area contributed by atoms with Crippen LogP contribution in [0.3, 0.4) is 0 Å². The summed E-state index contributed by atoms with van der Waals surface area (Å²) in [6.07, 6.45) is 11.3. The second-order valence-corrected chi connectivity index (χ2v) is 11.6. The zero-order chi connectivity index (χ0) is 21.6. The average molecular weight is 571 g/mol. The Labute approximate surface area is 206 Å². The second kappa shape index (κ2) is 12.4. The molecule has 2 saturated carbocycles. The Kier molecular flexibility index (Phi) is 10.8. The van der Waals surface area contributed by atoms with E-state index in [2.05, 4.69) is 29.4 Å². The van der Waals surface area contributed by atoms with Gasteiger partial charge in [-0.2, -0.15) is 0 Å². The largest absolute Gasteiger partial charge is 0.378 e. The van der Waals surface area contributed by atoms with E-state index in [4.69, 9.17) is 9.73 Å². The van der Waals surface area contributed by atoms with Crippen molar-refractivity contribution in [1.29, 1.82) is 0 Å². The van der Waals surface area contributed by atoms with Gasteiger partial charge in [-0.1, -0.05) is 19.3 Å². The van der Waals surface area contributed by atoms with Gasteiger partial charge in [0, 0.05) is 56.5 Å². The summed E-state index contributed by atoms with van der Waals surface area (Å²) in [6, 6.07) is 0.837. The number of likely N-dealkylation sites (tertiary alicyclic amines) is 1. The van der Waals surface area contributed by atoms with Gasteiger partial charge in [0.25, 0.3) is 0 Å². The lowest BCUT2D eigenvalue weighted by atomic mass is 9.55. The number of piperidine rings is 1. The molecule has 0 bridgehead atoms. The van der Waals surface area contributed by atoms with Crippen LogP contribution in [0.5, 0.6) is 0 Å². The molecule has 0 amide bonds. The lowest BCUT2D eigenvalue weighted by Gasteiger charge is -2.58. The Hall–Kier alpha value is -0.130. The summed E-state index contributed by atoms with van der Waals surface area (Å²) in [4.78, 5) is 7.00. The van der Waals surface area contributed by atoms with Crippen molar-refractivity contribution in [2.45, 2.75) is 83.4 Å². The molecule has 31 heavy (non-hydrogen) atoms. The molecule has 9 heteroatoms. The van der Waals surface area contributed by atoms with E-state index in [9.17, 15) is 8.42 Å². The molecule has 2 atom stereocenters. The Bertz CT molecular complexity index is 674. The molecule has 2 aliphatic carbocycles. The van der Waals surface area contributed by atoms with Crippen molar-refractivity contribution < 1.29 is 13.2 Å². The number of hydrogen-bond donors (Lipinski definition) is 2. The summed E-state index contributed by atoms with van der Waals surface area (Å²) in [5.41, 5.74) is 0.277. The van der Waals surface area contributed by atoms with Crippen molar-refractivity contribution in [2.24, 2.45) is 10.4 Å². The summed E-state index contributed by atoms with van der Waals surface area (Å²) in [5.74, 6) is 1.19. The van der Waals surface area contributed by atoms with E-state index in [0.717, 1.165) is 51.5 Å². The monoisotopic (exact) mass is 570 g/mol. The third-order valence-electron chi connectivity index (χ3n) is 7.27. The number of guanidine groups is 1. The van der Waals surface area contributed by atoms with Crippen LogP contribution in [0.15, 0.2) is 4.99 Å².